The van der Waals surface area contributed by atoms with Gasteiger partial charge in [0.2, 0.25) is 0 Å². The van der Waals surface area contributed by atoms with Gasteiger partial charge < -0.3 is 4.74 Å². The molecule has 8 nitrogen and oxygen atoms in total. The molecule has 0 N–H and O–H groups in total. The summed E-state index contributed by atoms with van der Waals surface area (Å²) in [5.74, 6) is -0.123. The molecule has 134 valence electrons. The van der Waals surface area contributed by atoms with Gasteiger partial charge in [-0.2, -0.15) is 4.31 Å². The summed E-state index contributed by atoms with van der Waals surface area (Å²) >= 11 is 0. The van der Waals surface area contributed by atoms with Crippen molar-refractivity contribution >= 4 is 21.7 Å². The Bertz CT molecular complexity index is 861. The van der Waals surface area contributed by atoms with Gasteiger partial charge in [0, 0.05) is 12.6 Å². The second kappa shape index (κ2) is 6.23. The van der Waals surface area contributed by atoms with Gasteiger partial charge >= 0.3 is 5.97 Å². The van der Waals surface area contributed by atoms with Gasteiger partial charge in [0.15, 0.2) is 4.90 Å². The molecule has 2 heterocycles. The van der Waals surface area contributed by atoms with Gasteiger partial charge in [-0.05, 0) is 24.5 Å². The first-order valence-corrected chi connectivity index (χ1v) is 9.34. The molecule has 1 fully saturated rings. The van der Waals surface area contributed by atoms with E-state index in [1.807, 2.05) is 13.8 Å². The highest BCUT2D eigenvalue weighted by atomic mass is 32.2. The molecule has 3 rings (SSSR count). The van der Waals surface area contributed by atoms with Crippen LogP contribution < -0.4 is 0 Å². The van der Waals surface area contributed by atoms with E-state index in [1.54, 1.807) is 6.08 Å². The van der Waals surface area contributed by atoms with Crippen LogP contribution in [0.25, 0.3) is 0 Å². The van der Waals surface area contributed by atoms with Gasteiger partial charge in [-0.15, -0.1) is 0 Å². The topological polar surface area (TPSA) is 107 Å². The summed E-state index contributed by atoms with van der Waals surface area (Å²) in [5, 5.41) is 11.1. The van der Waals surface area contributed by atoms with Gasteiger partial charge in [-0.1, -0.05) is 26.0 Å². The van der Waals surface area contributed by atoms with Crippen molar-refractivity contribution in [3.8, 4) is 0 Å². The van der Waals surface area contributed by atoms with Crippen molar-refractivity contribution in [2.75, 3.05) is 6.54 Å². The number of benzene rings is 1. The number of ether oxygens (including phenoxy) is 1. The molecule has 3 atom stereocenters. The maximum Gasteiger partial charge on any atom is 0.318 e. The fraction of sp³-hybridized carbons (Fsp3) is 0.438. The molecule has 0 spiro atoms. The molecule has 1 aromatic carbocycles. The van der Waals surface area contributed by atoms with E-state index in [0.29, 0.717) is 18.1 Å². The van der Waals surface area contributed by atoms with Crippen LogP contribution in [-0.2, 0) is 19.6 Å². The van der Waals surface area contributed by atoms with Gasteiger partial charge in [0.1, 0.15) is 5.76 Å². The predicted octanol–water partition coefficient (Wildman–Crippen LogP) is 2.07. The highest BCUT2D eigenvalue weighted by Crippen LogP contribution is 2.39. The maximum absolute atomic E-state index is 12.7. The second-order valence-electron chi connectivity index (χ2n) is 6.54. The van der Waals surface area contributed by atoms with E-state index in [-0.39, 0.29) is 23.3 Å². The van der Waals surface area contributed by atoms with Crippen molar-refractivity contribution in [2.24, 2.45) is 11.8 Å². The Balaban J connectivity index is 1.82. The number of para-hydroxylation sites is 1. The summed E-state index contributed by atoms with van der Waals surface area (Å²) < 4.78 is 31.7. The maximum atomic E-state index is 12.7. The number of sulfonamides is 1. The summed E-state index contributed by atoms with van der Waals surface area (Å²) in [7, 11) is -4.03. The summed E-state index contributed by atoms with van der Waals surface area (Å²) in [6.07, 6.45) is 2.30. The SMILES string of the molecule is CC(C)C[C@@H]1C=C(C2C[N@]2S(=O)(=O)c2ccccc2[N+](=O)[O-])OC1=O. The Labute approximate surface area is 145 Å². The van der Waals surface area contributed by atoms with Gasteiger partial charge in [0.05, 0.1) is 16.9 Å². The van der Waals surface area contributed by atoms with E-state index in [1.165, 1.54) is 18.2 Å². The average Bonchev–Trinajstić information content (AvgIpc) is 3.27. The summed E-state index contributed by atoms with van der Waals surface area (Å²) in [6, 6.07) is 4.63. The minimum absolute atomic E-state index is 0.141. The first-order chi connectivity index (χ1) is 11.7. The van der Waals surface area contributed by atoms with Crippen molar-refractivity contribution in [1.82, 2.24) is 4.31 Å². The Morgan fingerprint density at radius 1 is 1.36 bits per heavy atom. The van der Waals surface area contributed by atoms with E-state index in [9.17, 15) is 23.3 Å². The average molecular weight is 366 g/mol. The highest BCUT2D eigenvalue weighted by Gasteiger charge is 2.51. The number of carbonyl (C=O) groups excluding carboxylic acids is 1. The fourth-order valence-corrected chi connectivity index (χ4v) is 4.60. The van der Waals surface area contributed by atoms with E-state index in [4.69, 9.17) is 4.74 Å². The van der Waals surface area contributed by atoms with Crippen LogP contribution in [0.5, 0.6) is 0 Å². The number of nitro benzene ring substituents is 1. The predicted molar refractivity (Wildman–Crippen MR) is 87.9 cm³/mol. The summed E-state index contributed by atoms with van der Waals surface area (Å²) in [5.41, 5.74) is -0.469. The van der Waals surface area contributed by atoms with E-state index >= 15 is 0 Å². The van der Waals surface area contributed by atoms with E-state index in [2.05, 4.69) is 0 Å². The lowest BCUT2D eigenvalue weighted by atomic mass is 9.98. The Morgan fingerprint density at radius 3 is 2.68 bits per heavy atom. The van der Waals surface area contributed by atoms with Crippen LogP contribution in [0.2, 0.25) is 0 Å². The van der Waals surface area contributed by atoms with Crippen molar-refractivity contribution in [1.29, 1.82) is 0 Å². The minimum atomic E-state index is -4.03. The second-order valence-corrected chi connectivity index (χ2v) is 8.40. The molecule has 0 aromatic heterocycles. The molecule has 0 amide bonds. The number of nitrogens with zero attached hydrogens (tertiary/aromatic N) is 2. The van der Waals surface area contributed by atoms with E-state index in [0.717, 1.165) is 10.4 Å². The number of hydrogen-bond acceptors (Lipinski definition) is 6. The van der Waals surface area contributed by atoms with Crippen LogP contribution in [0.3, 0.4) is 0 Å². The van der Waals surface area contributed by atoms with E-state index < -0.39 is 26.7 Å². The smallest absolute Gasteiger partial charge is 0.318 e. The van der Waals surface area contributed by atoms with Crippen LogP contribution >= 0.6 is 0 Å². The third-order valence-electron chi connectivity index (χ3n) is 4.16. The molecule has 1 saturated heterocycles. The quantitative estimate of drug-likeness (QED) is 0.330. The van der Waals surface area contributed by atoms with Crippen molar-refractivity contribution < 1.29 is 22.9 Å². The van der Waals surface area contributed by atoms with Crippen molar-refractivity contribution in [3.05, 3.63) is 46.2 Å². The van der Waals surface area contributed by atoms with Gasteiger partial charge in [-0.25, -0.2) is 8.42 Å². The molecular weight excluding hydrogens is 348 g/mol. The number of cyclic esters (lactones) is 1. The number of esters is 1. The fourth-order valence-electron chi connectivity index (χ4n) is 2.92. The van der Waals surface area contributed by atoms with Gasteiger partial charge in [0.25, 0.3) is 15.7 Å². The van der Waals surface area contributed by atoms with Crippen LogP contribution in [0, 0.1) is 22.0 Å². The highest BCUT2D eigenvalue weighted by molar-refractivity contribution is 7.89. The van der Waals surface area contributed by atoms with Crippen LogP contribution in [0.4, 0.5) is 5.69 Å². The molecular formula is C16H18N2O6S. The Hall–Kier alpha value is -2.26. The Morgan fingerprint density at radius 2 is 2.04 bits per heavy atom. The lowest BCUT2D eigenvalue weighted by Gasteiger charge is -2.07. The molecule has 0 aliphatic carbocycles. The standard InChI is InChI=1S/C16H18N2O6S/c1-10(2)7-11-8-14(24-16(11)19)13-9-17(13)25(22,23)15-6-4-3-5-12(15)18(20)21/h3-6,8,10-11,13H,7,9H2,1-2H3/t11-,13?,17+/m1/s1. The molecule has 0 radical (unpaired) electrons. The Kier molecular flexibility index (Phi) is 4.38. The third kappa shape index (κ3) is 3.29. The number of rotatable bonds is 6. The zero-order valence-electron chi connectivity index (χ0n) is 13.8. The molecule has 0 saturated carbocycles. The third-order valence-corrected chi connectivity index (χ3v) is 6.08. The van der Waals surface area contributed by atoms with Gasteiger partial charge in [-0.3, -0.25) is 14.9 Å². The lowest BCUT2D eigenvalue weighted by Crippen LogP contribution is -2.17. The van der Waals surface area contributed by atoms with Crippen LogP contribution in [-0.4, -0.2) is 36.2 Å². The molecule has 9 heteroatoms. The molecule has 1 unspecified atom stereocenters. The zero-order valence-corrected chi connectivity index (χ0v) is 14.6. The molecule has 2 aliphatic heterocycles. The zero-order chi connectivity index (χ0) is 18.4. The lowest BCUT2D eigenvalue weighted by molar-refractivity contribution is -0.387. The summed E-state index contributed by atoms with van der Waals surface area (Å²) in [6.45, 7) is 4.12. The molecule has 2 aliphatic rings. The largest absolute Gasteiger partial charge is 0.429 e. The monoisotopic (exact) mass is 366 g/mol. The molecule has 1 aromatic rings. The molecule has 25 heavy (non-hydrogen) atoms. The van der Waals surface area contributed by atoms with Crippen LogP contribution in [0.1, 0.15) is 20.3 Å². The first-order valence-electron chi connectivity index (χ1n) is 7.90. The normalized spacial score (nSPS) is 25.6. The van der Waals surface area contributed by atoms with Crippen molar-refractivity contribution in [2.45, 2.75) is 31.2 Å². The minimum Gasteiger partial charge on any atom is -0.429 e. The number of carbonyl (C=O) groups is 1. The van der Waals surface area contributed by atoms with Crippen molar-refractivity contribution in [3.63, 3.8) is 0 Å². The van der Waals surface area contributed by atoms with Crippen LogP contribution in [0.15, 0.2) is 41.0 Å². The number of hydrogen-bond donors (Lipinski definition) is 0. The first kappa shape index (κ1) is 17.6. The molecule has 0 bridgehead atoms. The number of nitro groups is 1. The summed E-state index contributed by atoms with van der Waals surface area (Å²) in [4.78, 5) is 21.9.